The van der Waals surface area contributed by atoms with Gasteiger partial charge in [0.2, 0.25) is 5.91 Å². The standard InChI is InChI=1S/C16H16ClF3N4OS2/c1-10-8-26-15(22-10)27-9-13(25)23-2-4-24(5-3-23)14-12(17)6-11(7-21-14)16(18,19)20/h6-8H,2-5,9H2,1H3. The number of carbonyl (C=O) groups excluding carboxylic acids is 1. The third-order valence-electron chi connectivity index (χ3n) is 4.00. The van der Waals surface area contributed by atoms with E-state index in [-0.39, 0.29) is 10.9 Å². The smallest absolute Gasteiger partial charge is 0.352 e. The van der Waals surface area contributed by atoms with E-state index in [1.165, 1.54) is 23.1 Å². The van der Waals surface area contributed by atoms with E-state index in [0.29, 0.717) is 37.7 Å². The largest absolute Gasteiger partial charge is 0.417 e. The number of pyridine rings is 1. The van der Waals surface area contributed by atoms with Crippen LogP contribution in [0.1, 0.15) is 11.3 Å². The normalized spacial score (nSPS) is 15.3. The van der Waals surface area contributed by atoms with Gasteiger partial charge in [0.15, 0.2) is 4.34 Å². The second-order valence-corrected chi connectivity index (χ2v) is 8.43. The molecule has 27 heavy (non-hydrogen) atoms. The van der Waals surface area contributed by atoms with Crippen LogP contribution in [0.2, 0.25) is 5.02 Å². The van der Waals surface area contributed by atoms with Crippen molar-refractivity contribution in [2.45, 2.75) is 17.4 Å². The van der Waals surface area contributed by atoms with Gasteiger partial charge in [-0.3, -0.25) is 4.79 Å². The zero-order valence-electron chi connectivity index (χ0n) is 14.3. The van der Waals surface area contributed by atoms with Crippen molar-refractivity contribution in [1.29, 1.82) is 0 Å². The van der Waals surface area contributed by atoms with E-state index in [9.17, 15) is 18.0 Å². The summed E-state index contributed by atoms with van der Waals surface area (Å²) in [4.78, 5) is 24.1. The summed E-state index contributed by atoms with van der Waals surface area (Å²) in [5, 5.41) is 1.89. The zero-order chi connectivity index (χ0) is 19.6. The maximum Gasteiger partial charge on any atom is 0.417 e. The van der Waals surface area contributed by atoms with E-state index in [0.717, 1.165) is 22.3 Å². The molecule has 0 saturated carbocycles. The predicted octanol–water partition coefficient (Wildman–Crippen LogP) is 3.96. The molecule has 3 heterocycles. The molecular weight excluding hydrogens is 421 g/mol. The van der Waals surface area contributed by atoms with E-state index < -0.39 is 11.7 Å². The van der Waals surface area contributed by atoms with E-state index in [4.69, 9.17) is 11.6 Å². The molecule has 2 aromatic heterocycles. The van der Waals surface area contributed by atoms with Gasteiger partial charge in [0.25, 0.3) is 0 Å². The second-order valence-electron chi connectivity index (χ2n) is 5.94. The lowest BCUT2D eigenvalue weighted by Gasteiger charge is -2.35. The number of piperazine rings is 1. The number of thioether (sulfide) groups is 1. The number of amides is 1. The van der Waals surface area contributed by atoms with Crippen LogP contribution in [-0.4, -0.2) is 52.7 Å². The third-order valence-corrected chi connectivity index (χ3v) is 6.40. The van der Waals surface area contributed by atoms with Crippen molar-refractivity contribution in [3.63, 3.8) is 0 Å². The Hall–Kier alpha value is -1.52. The molecule has 0 N–H and O–H groups in total. The lowest BCUT2D eigenvalue weighted by atomic mass is 10.2. The number of carbonyl (C=O) groups is 1. The number of nitrogens with zero attached hydrogens (tertiary/aromatic N) is 4. The van der Waals surface area contributed by atoms with Crippen LogP contribution in [0.15, 0.2) is 22.0 Å². The number of hydrogen-bond acceptors (Lipinski definition) is 6. The molecule has 0 aromatic carbocycles. The molecule has 1 aliphatic rings. The molecule has 1 aliphatic heterocycles. The Kier molecular flexibility index (Phi) is 6.17. The minimum atomic E-state index is -4.48. The lowest BCUT2D eigenvalue weighted by molar-refractivity contribution is -0.137. The van der Waals surface area contributed by atoms with Crippen molar-refractivity contribution in [3.05, 3.63) is 33.9 Å². The van der Waals surface area contributed by atoms with Crippen LogP contribution >= 0.6 is 34.7 Å². The van der Waals surface area contributed by atoms with E-state index in [1.54, 1.807) is 9.80 Å². The number of halogens is 4. The fourth-order valence-electron chi connectivity index (χ4n) is 2.60. The van der Waals surface area contributed by atoms with Crippen molar-refractivity contribution in [2.24, 2.45) is 0 Å². The summed E-state index contributed by atoms with van der Waals surface area (Å²) in [6.07, 6.45) is -3.70. The molecule has 0 bridgehead atoms. The zero-order valence-corrected chi connectivity index (χ0v) is 16.7. The summed E-state index contributed by atoms with van der Waals surface area (Å²) in [6, 6.07) is 0.883. The first-order valence-electron chi connectivity index (χ1n) is 8.04. The summed E-state index contributed by atoms with van der Waals surface area (Å²) in [5.41, 5.74) is 0.0593. The van der Waals surface area contributed by atoms with Gasteiger partial charge in [-0.1, -0.05) is 23.4 Å². The Bertz CT molecular complexity index is 822. The maximum absolute atomic E-state index is 12.7. The van der Waals surface area contributed by atoms with Gasteiger partial charge in [-0.05, 0) is 13.0 Å². The lowest BCUT2D eigenvalue weighted by Crippen LogP contribution is -2.49. The Balaban J connectivity index is 1.54. The van der Waals surface area contributed by atoms with Crippen molar-refractivity contribution in [3.8, 4) is 0 Å². The molecule has 146 valence electrons. The highest BCUT2D eigenvalue weighted by molar-refractivity contribution is 8.01. The van der Waals surface area contributed by atoms with Gasteiger partial charge in [-0.15, -0.1) is 11.3 Å². The maximum atomic E-state index is 12.7. The fourth-order valence-corrected chi connectivity index (χ4v) is 4.64. The van der Waals surface area contributed by atoms with Crippen molar-refractivity contribution < 1.29 is 18.0 Å². The third kappa shape index (κ3) is 5.05. The van der Waals surface area contributed by atoms with Crippen LogP contribution in [0.4, 0.5) is 19.0 Å². The highest BCUT2D eigenvalue weighted by Gasteiger charge is 2.32. The second kappa shape index (κ2) is 8.24. The minimum absolute atomic E-state index is 0.0129. The quantitative estimate of drug-likeness (QED) is 0.679. The molecule has 0 spiro atoms. The van der Waals surface area contributed by atoms with Crippen LogP contribution in [0.25, 0.3) is 0 Å². The van der Waals surface area contributed by atoms with Gasteiger partial charge < -0.3 is 9.80 Å². The van der Waals surface area contributed by atoms with Gasteiger partial charge in [-0.25, -0.2) is 9.97 Å². The van der Waals surface area contributed by atoms with Gasteiger partial charge in [0.1, 0.15) is 5.82 Å². The molecule has 2 aromatic rings. The van der Waals surface area contributed by atoms with Crippen LogP contribution in [-0.2, 0) is 11.0 Å². The van der Waals surface area contributed by atoms with Crippen LogP contribution < -0.4 is 4.90 Å². The summed E-state index contributed by atoms with van der Waals surface area (Å²) in [5.74, 6) is 0.634. The van der Waals surface area contributed by atoms with Gasteiger partial charge in [0.05, 0.1) is 16.3 Å². The molecule has 5 nitrogen and oxygen atoms in total. The summed E-state index contributed by atoms with van der Waals surface area (Å²) in [7, 11) is 0. The number of alkyl halides is 3. The Morgan fingerprint density at radius 2 is 2.04 bits per heavy atom. The topological polar surface area (TPSA) is 49.3 Å². The van der Waals surface area contributed by atoms with Crippen LogP contribution in [0.5, 0.6) is 0 Å². The number of anilines is 1. The monoisotopic (exact) mass is 436 g/mol. The SMILES string of the molecule is Cc1csc(SCC(=O)N2CCN(c3ncc(C(F)(F)F)cc3Cl)CC2)n1. The molecule has 0 atom stereocenters. The number of aromatic nitrogens is 2. The molecule has 0 radical (unpaired) electrons. The highest BCUT2D eigenvalue weighted by atomic mass is 35.5. The van der Waals surface area contributed by atoms with Crippen molar-refractivity contribution in [1.82, 2.24) is 14.9 Å². The number of hydrogen-bond donors (Lipinski definition) is 0. The molecule has 3 rings (SSSR count). The Morgan fingerprint density at radius 3 is 2.59 bits per heavy atom. The average Bonchev–Trinajstić information content (AvgIpc) is 3.04. The molecule has 1 saturated heterocycles. The molecule has 0 aliphatic carbocycles. The van der Waals surface area contributed by atoms with Crippen LogP contribution in [0.3, 0.4) is 0 Å². The number of thiazole rings is 1. The average molecular weight is 437 g/mol. The first-order valence-corrected chi connectivity index (χ1v) is 10.3. The van der Waals surface area contributed by atoms with Gasteiger partial charge in [0, 0.05) is 43.4 Å². The van der Waals surface area contributed by atoms with Gasteiger partial charge in [-0.2, -0.15) is 13.2 Å². The van der Waals surface area contributed by atoms with E-state index in [1.807, 2.05) is 12.3 Å². The molecule has 1 fully saturated rings. The first kappa shape index (κ1) is 20.2. The summed E-state index contributed by atoms with van der Waals surface area (Å²) >= 11 is 8.91. The van der Waals surface area contributed by atoms with Crippen molar-refractivity contribution >= 4 is 46.4 Å². The minimum Gasteiger partial charge on any atom is -0.352 e. The molecular formula is C16H16ClF3N4OS2. The van der Waals surface area contributed by atoms with Crippen molar-refractivity contribution in [2.75, 3.05) is 36.8 Å². The number of aryl methyl sites for hydroxylation is 1. The van der Waals surface area contributed by atoms with Crippen LogP contribution in [0, 0.1) is 6.92 Å². The Labute approximate surface area is 167 Å². The Morgan fingerprint density at radius 1 is 1.33 bits per heavy atom. The summed E-state index contributed by atoms with van der Waals surface area (Å²) in [6.45, 7) is 3.77. The predicted molar refractivity (Wildman–Crippen MR) is 101 cm³/mol. The van der Waals surface area contributed by atoms with Gasteiger partial charge >= 0.3 is 6.18 Å². The summed E-state index contributed by atoms with van der Waals surface area (Å²) < 4.78 is 39.0. The molecule has 1 amide bonds. The fraction of sp³-hybridized carbons (Fsp3) is 0.438. The first-order chi connectivity index (χ1) is 12.7. The van der Waals surface area contributed by atoms with E-state index >= 15 is 0 Å². The highest BCUT2D eigenvalue weighted by Crippen LogP contribution is 2.33. The molecule has 11 heteroatoms. The van der Waals surface area contributed by atoms with E-state index in [2.05, 4.69) is 9.97 Å². The number of rotatable bonds is 4. The molecule has 0 unspecified atom stereocenters.